The molecule has 2 heterocycles. The topological polar surface area (TPSA) is 99.3 Å². The molecule has 2 fully saturated rings. The summed E-state index contributed by atoms with van der Waals surface area (Å²) in [5.74, 6) is -1.76. The highest BCUT2D eigenvalue weighted by molar-refractivity contribution is 7.88. The number of hydrazine groups is 1. The maximum Gasteiger partial charge on any atom is 0.414 e. The van der Waals surface area contributed by atoms with Gasteiger partial charge in [-0.1, -0.05) is 0 Å². The lowest BCUT2D eigenvalue weighted by atomic mass is 10.1. The minimum Gasteiger partial charge on any atom is -0.444 e. The van der Waals surface area contributed by atoms with Gasteiger partial charge in [0, 0.05) is 44.7 Å². The molecule has 1 amide bonds. The molecule has 2 aliphatic rings. The van der Waals surface area contributed by atoms with Crippen LogP contribution in [0.5, 0.6) is 0 Å². The summed E-state index contributed by atoms with van der Waals surface area (Å²) in [7, 11) is -3.49. The summed E-state index contributed by atoms with van der Waals surface area (Å²) in [6.07, 6.45) is 0.396. The molecule has 0 bridgehead atoms. The fourth-order valence-electron chi connectivity index (χ4n) is 3.48. The normalized spacial score (nSPS) is 20.9. The van der Waals surface area contributed by atoms with Crippen molar-refractivity contribution in [2.24, 2.45) is 0 Å². The fraction of sp³-hybridized carbons (Fsp3) is 0.556. The van der Waals surface area contributed by atoms with Gasteiger partial charge in [-0.2, -0.15) is 0 Å². The van der Waals surface area contributed by atoms with Crippen LogP contribution in [0.3, 0.4) is 0 Å². The molecule has 9 nitrogen and oxygen atoms in total. The molecule has 0 saturated carbocycles. The summed E-state index contributed by atoms with van der Waals surface area (Å²) < 4.78 is 59.2. The van der Waals surface area contributed by atoms with Crippen LogP contribution >= 0.6 is 0 Å². The van der Waals surface area contributed by atoms with Crippen molar-refractivity contribution >= 4 is 33.3 Å². The van der Waals surface area contributed by atoms with Crippen molar-refractivity contribution in [3.8, 4) is 0 Å². The standard InChI is InChI=1S/C18H24F2N4O5S/c1-12(25)3-4-14-11-23(18(26)29-14)13-9-15(19)17(16(20)10-13)22-6-5-21-24(8-7-22)30(2,27)28/h9-10,14,21H,3-8,11H2,1-2H3/t14-/m0/s1. The van der Waals surface area contributed by atoms with Gasteiger partial charge in [-0.05, 0) is 13.3 Å². The summed E-state index contributed by atoms with van der Waals surface area (Å²) >= 11 is 0. The van der Waals surface area contributed by atoms with Gasteiger partial charge in [-0.15, -0.1) is 4.41 Å². The fourth-order valence-corrected chi connectivity index (χ4v) is 4.21. The van der Waals surface area contributed by atoms with Crippen LogP contribution in [0.1, 0.15) is 19.8 Å². The highest BCUT2D eigenvalue weighted by atomic mass is 32.2. The third-order valence-electron chi connectivity index (χ3n) is 4.97. The van der Waals surface area contributed by atoms with E-state index >= 15 is 0 Å². The van der Waals surface area contributed by atoms with E-state index in [4.69, 9.17) is 4.74 Å². The molecule has 2 aliphatic heterocycles. The van der Waals surface area contributed by atoms with E-state index in [1.54, 1.807) is 0 Å². The SMILES string of the molecule is CC(=O)CC[C@H]1CN(c2cc(F)c(N3CCNN(S(C)(=O)=O)CC3)c(F)c2)C(=O)O1. The predicted molar refractivity (Wildman–Crippen MR) is 106 cm³/mol. The summed E-state index contributed by atoms with van der Waals surface area (Å²) in [6, 6.07) is 2.11. The van der Waals surface area contributed by atoms with Gasteiger partial charge >= 0.3 is 6.09 Å². The molecule has 0 spiro atoms. The number of anilines is 2. The first-order valence-electron chi connectivity index (χ1n) is 9.49. The van der Waals surface area contributed by atoms with Gasteiger partial charge in [0.15, 0.2) is 11.6 Å². The number of Topliss-reactive ketones (excluding diaryl/α,β-unsaturated/α-hetero) is 1. The highest BCUT2D eigenvalue weighted by Crippen LogP contribution is 2.31. The molecule has 1 aromatic rings. The van der Waals surface area contributed by atoms with Crippen molar-refractivity contribution in [3.63, 3.8) is 0 Å². The van der Waals surface area contributed by atoms with Gasteiger partial charge in [-0.3, -0.25) is 4.90 Å². The Bertz CT molecular complexity index is 919. The van der Waals surface area contributed by atoms with Gasteiger partial charge in [0.1, 0.15) is 17.6 Å². The molecular formula is C18H24F2N4O5S. The molecular weight excluding hydrogens is 422 g/mol. The maximum absolute atomic E-state index is 14.8. The minimum atomic E-state index is -3.49. The van der Waals surface area contributed by atoms with E-state index in [1.807, 2.05) is 0 Å². The molecule has 0 radical (unpaired) electrons. The van der Waals surface area contributed by atoms with Crippen molar-refractivity contribution in [1.29, 1.82) is 0 Å². The molecule has 0 unspecified atom stereocenters. The number of hydrogen-bond acceptors (Lipinski definition) is 7. The Hall–Kier alpha value is -2.31. The lowest BCUT2D eigenvalue weighted by molar-refractivity contribution is -0.117. The van der Waals surface area contributed by atoms with Gasteiger partial charge in [0.25, 0.3) is 0 Å². The molecule has 3 rings (SSSR count). The van der Waals surface area contributed by atoms with E-state index in [1.165, 1.54) is 11.8 Å². The zero-order valence-corrected chi connectivity index (χ0v) is 17.5. The third-order valence-corrected chi connectivity index (χ3v) is 6.08. The highest BCUT2D eigenvalue weighted by Gasteiger charge is 2.34. The zero-order valence-electron chi connectivity index (χ0n) is 16.7. The molecule has 0 aromatic heterocycles. The molecule has 30 heavy (non-hydrogen) atoms. The lowest BCUT2D eigenvalue weighted by Crippen LogP contribution is -2.42. The number of ether oxygens (including phenoxy) is 1. The zero-order chi connectivity index (χ0) is 22.1. The summed E-state index contributed by atoms with van der Waals surface area (Å²) in [5.41, 5.74) is 2.45. The van der Waals surface area contributed by atoms with Crippen LogP contribution in [0.4, 0.5) is 25.0 Å². The third kappa shape index (κ3) is 5.05. The summed E-state index contributed by atoms with van der Waals surface area (Å²) in [6.45, 7) is 2.02. The van der Waals surface area contributed by atoms with Gasteiger partial charge in [0.05, 0.1) is 18.5 Å². The van der Waals surface area contributed by atoms with E-state index in [0.29, 0.717) is 6.42 Å². The molecule has 1 atom stereocenters. The van der Waals surface area contributed by atoms with Gasteiger partial charge < -0.3 is 14.4 Å². The van der Waals surface area contributed by atoms with Gasteiger partial charge in [-0.25, -0.2) is 27.4 Å². The first kappa shape index (κ1) is 22.4. The Kier molecular flexibility index (Phi) is 6.58. The van der Waals surface area contributed by atoms with Crippen LogP contribution in [0.15, 0.2) is 12.1 Å². The van der Waals surface area contributed by atoms with Crippen molar-refractivity contribution in [2.45, 2.75) is 25.9 Å². The van der Waals surface area contributed by atoms with Gasteiger partial charge in [0.2, 0.25) is 10.0 Å². The summed E-state index contributed by atoms with van der Waals surface area (Å²) in [5, 5.41) is 0. The number of rotatable bonds is 6. The molecule has 2 saturated heterocycles. The first-order chi connectivity index (χ1) is 14.1. The average Bonchev–Trinajstić information content (AvgIpc) is 2.84. The summed E-state index contributed by atoms with van der Waals surface area (Å²) in [4.78, 5) is 25.8. The largest absolute Gasteiger partial charge is 0.444 e. The molecule has 0 aliphatic carbocycles. The molecule has 1 aromatic carbocycles. The second-order valence-corrected chi connectivity index (χ2v) is 9.25. The number of sulfonamides is 1. The monoisotopic (exact) mass is 446 g/mol. The van der Waals surface area contributed by atoms with E-state index in [2.05, 4.69) is 5.43 Å². The first-order valence-corrected chi connectivity index (χ1v) is 11.3. The number of carbonyl (C=O) groups is 2. The van der Waals surface area contributed by atoms with Crippen molar-refractivity contribution < 1.29 is 31.5 Å². The number of nitrogens with zero attached hydrogens (tertiary/aromatic N) is 3. The Morgan fingerprint density at radius 1 is 1.23 bits per heavy atom. The molecule has 12 heteroatoms. The van der Waals surface area contributed by atoms with Crippen LogP contribution in [0.2, 0.25) is 0 Å². The predicted octanol–water partition coefficient (Wildman–Crippen LogP) is 1.25. The Morgan fingerprint density at radius 2 is 1.90 bits per heavy atom. The van der Waals surface area contributed by atoms with E-state index in [0.717, 1.165) is 27.7 Å². The lowest BCUT2D eigenvalue weighted by Gasteiger charge is -2.24. The number of amides is 1. The van der Waals surface area contributed by atoms with Crippen LogP contribution in [0, 0.1) is 11.6 Å². The Labute approximate surface area is 173 Å². The van der Waals surface area contributed by atoms with Crippen molar-refractivity contribution in [3.05, 3.63) is 23.8 Å². The number of halogens is 2. The van der Waals surface area contributed by atoms with Crippen LogP contribution < -0.4 is 15.2 Å². The van der Waals surface area contributed by atoms with Crippen LogP contribution in [-0.2, 0) is 19.6 Å². The number of cyclic esters (lactones) is 1. The van der Waals surface area contributed by atoms with E-state index in [9.17, 15) is 26.8 Å². The van der Waals surface area contributed by atoms with Crippen LogP contribution in [-0.4, -0.2) is 69.8 Å². The maximum atomic E-state index is 14.8. The second-order valence-electron chi connectivity index (χ2n) is 7.35. The Morgan fingerprint density at radius 3 is 2.50 bits per heavy atom. The smallest absolute Gasteiger partial charge is 0.414 e. The van der Waals surface area contributed by atoms with Crippen molar-refractivity contribution in [1.82, 2.24) is 9.84 Å². The van der Waals surface area contributed by atoms with E-state index < -0.39 is 33.9 Å². The minimum absolute atomic E-state index is 0.0229. The number of nitrogens with one attached hydrogen (secondary N) is 1. The second kappa shape index (κ2) is 8.82. The molecule has 1 N–H and O–H groups in total. The average molecular weight is 446 g/mol. The number of benzene rings is 1. The number of ketones is 1. The number of hydrogen-bond donors (Lipinski definition) is 1. The quantitative estimate of drug-likeness (QED) is 0.702. The van der Waals surface area contributed by atoms with Crippen molar-refractivity contribution in [2.75, 3.05) is 48.8 Å². The van der Waals surface area contributed by atoms with Crippen LogP contribution in [0.25, 0.3) is 0 Å². The van der Waals surface area contributed by atoms with E-state index in [-0.39, 0.29) is 56.3 Å². The Balaban J connectivity index is 1.76. The number of carbonyl (C=O) groups excluding carboxylic acids is 2. The molecule has 166 valence electrons.